The molecule has 3 fully saturated rings. The number of nitro groups is 1. The first-order chi connectivity index (χ1) is 22.0. The van der Waals surface area contributed by atoms with E-state index in [1.807, 2.05) is 0 Å². The first kappa shape index (κ1) is 30.6. The molecule has 1 aromatic heterocycles. The number of non-ortho nitro benzene ring substituents is 1. The highest BCUT2D eigenvalue weighted by atomic mass is 79.9. The minimum absolute atomic E-state index is 0.0377. The van der Waals surface area contributed by atoms with Crippen LogP contribution in [0.5, 0.6) is 0 Å². The number of hydrogen-bond donors (Lipinski definition) is 0. The number of ketones is 1. The number of alkyl halides is 2. The van der Waals surface area contributed by atoms with Crippen LogP contribution in [0.1, 0.15) is 27.1 Å². The summed E-state index contributed by atoms with van der Waals surface area (Å²) in [5, 5.41) is 11.9. The maximum atomic E-state index is 13.5. The molecular formula is C33H22Br2ClN3O7. The molecule has 6 unspecified atom stereocenters. The van der Waals surface area contributed by atoms with Crippen LogP contribution in [0.3, 0.4) is 0 Å². The van der Waals surface area contributed by atoms with Gasteiger partial charge in [0.2, 0.25) is 17.6 Å². The molecule has 3 aliphatic rings. The molecule has 0 radical (unpaired) electrons. The van der Waals surface area contributed by atoms with Crippen LogP contribution in [0.25, 0.3) is 22.2 Å². The summed E-state index contributed by atoms with van der Waals surface area (Å²) in [4.78, 5) is 69.7. The van der Waals surface area contributed by atoms with Gasteiger partial charge in [-0.2, -0.15) is 0 Å². The number of hydrogen-bond acceptors (Lipinski definition) is 8. The fourth-order valence-corrected chi connectivity index (χ4v) is 9.03. The normalized spacial score (nSPS) is 24.8. The van der Waals surface area contributed by atoms with E-state index in [-0.39, 0.29) is 62.0 Å². The standard InChI is InChI=1S/C33H22Br2ClN3O7/c34-29-22-12-23(30(29)35)28-27(22)31(41)38(32(28)42)18-7-4-15(5-8-18)25-13-21(20-11-17(36)6-9-24(20)37-25)33(43)46-14-26(40)16-2-1-3-19(10-16)39(44)45/h1-11,13,22-23,27-30H,12,14H2. The summed E-state index contributed by atoms with van der Waals surface area (Å²) < 4.78 is 5.35. The van der Waals surface area contributed by atoms with E-state index >= 15 is 0 Å². The number of carbonyl (C=O) groups is 4. The fourth-order valence-electron chi connectivity index (χ4n) is 6.98. The number of nitro benzene ring substituents is 1. The lowest BCUT2D eigenvalue weighted by molar-refractivity contribution is -0.384. The molecule has 232 valence electrons. The summed E-state index contributed by atoms with van der Waals surface area (Å²) in [6.45, 7) is -0.637. The minimum Gasteiger partial charge on any atom is -0.454 e. The quantitative estimate of drug-likeness (QED) is 0.0501. The molecule has 46 heavy (non-hydrogen) atoms. The minimum atomic E-state index is -0.809. The topological polar surface area (TPSA) is 137 Å². The van der Waals surface area contributed by atoms with Crippen molar-refractivity contribution >= 4 is 89.3 Å². The molecule has 4 aromatic rings. The molecule has 2 amide bonds. The number of carbonyl (C=O) groups excluding carboxylic acids is 4. The van der Waals surface area contributed by atoms with Crippen LogP contribution in [-0.2, 0) is 14.3 Å². The fraction of sp³-hybridized carbons (Fsp3) is 0.242. The Morgan fingerprint density at radius 3 is 2.28 bits per heavy atom. The van der Waals surface area contributed by atoms with Crippen molar-refractivity contribution in [3.05, 3.63) is 99.1 Å². The Balaban J connectivity index is 1.15. The van der Waals surface area contributed by atoms with Crippen LogP contribution >= 0.6 is 43.5 Å². The van der Waals surface area contributed by atoms with Crippen molar-refractivity contribution < 1.29 is 28.8 Å². The number of benzene rings is 3. The summed E-state index contributed by atoms with van der Waals surface area (Å²) in [5.41, 5.74) is 1.84. The molecular weight excluding hydrogens is 746 g/mol. The van der Waals surface area contributed by atoms with Crippen molar-refractivity contribution in [1.82, 2.24) is 4.98 Å². The lowest BCUT2D eigenvalue weighted by Gasteiger charge is -2.28. The second kappa shape index (κ2) is 11.7. The highest BCUT2D eigenvalue weighted by Crippen LogP contribution is 2.60. The zero-order chi connectivity index (χ0) is 32.4. The number of imide groups is 1. The Morgan fingerprint density at radius 1 is 0.957 bits per heavy atom. The first-order valence-corrected chi connectivity index (χ1v) is 16.6. The number of aromatic nitrogens is 1. The highest BCUT2D eigenvalue weighted by Gasteiger charge is 2.66. The van der Waals surface area contributed by atoms with Gasteiger partial charge in [0.15, 0.2) is 6.61 Å². The third-order valence-electron chi connectivity index (χ3n) is 9.11. The van der Waals surface area contributed by atoms with Crippen molar-refractivity contribution in [3.63, 3.8) is 0 Å². The van der Waals surface area contributed by atoms with Gasteiger partial charge in [0.05, 0.1) is 39.2 Å². The Bertz CT molecular complexity index is 1960. The summed E-state index contributed by atoms with van der Waals surface area (Å²) in [6, 6.07) is 18.4. The third-order valence-corrected chi connectivity index (χ3v) is 12.6. The van der Waals surface area contributed by atoms with Crippen molar-refractivity contribution in [2.24, 2.45) is 23.7 Å². The number of amides is 2. The Morgan fingerprint density at radius 2 is 1.63 bits per heavy atom. The molecule has 2 aliphatic carbocycles. The molecule has 0 N–H and O–H groups in total. The van der Waals surface area contributed by atoms with E-state index in [1.54, 1.807) is 42.5 Å². The highest BCUT2D eigenvalue weighted by molar-refractivity contribution is 9.12. The van der Waals surface area contributed by atoms with Gasteiger partial charge < -0.3 is 4.74 Å². The molecule has 2 heterocycles. The van der Waals surface area contributed by atoms with E-state index in [4.69, 9.17) is 21.3 Å². The number of pyridine rings is 1. The molecule has 1 aliphatic heterocycles. The summed E-state index contributed by atoms with van der Waals surface area (Å²) >= 11 is 13.6. The lowest BCUT2D eigenvalue weighted by Crippen LogP contribution is -2.37. The molecule has 7 rings (SSSR count). The summed E-state index contributed by atoms with van der Waals surface area (Å²) in [6.07, 6.45) is 0.845. The largest absolute Gasteiger partial charge is 0.454 e. The number of Topliss-reactive ketones (excluding diaryl/α,β-unsaturated/α-hetero) is 1. The van der Waals surface area contributed by atoms with E-state index in [0.29, 0.717) is 32.9 Å². The molecule has 1 saturated heterocycles. The molecule has 6 atom stereocenters. The predicted molar refractivity (Wildman–Crippen MR) is 176 cm³/mol. The number of esters is 1. The average molecular weight is 768 g/mol. The summed E-state index contributed by atoms with van der Waals surface area (Å²) in [5.74, 6) is -2.22. The van der Waals surface area contributed by atoms with Crippen LogP contribution in [0.2, 0.25) is 5.02 Å². The van der Waals surface area contributed by atoms with E-state index in [1.165, 1.54) is 29.2 Å². The number of ether oxygens (including phenoxy) is 1. The van der Waals surface area contributed by atoms with Gasteiger partial charge in [-0.25, -0.2) is 9.78 Å². The maximum absolute atomic E-state index is 13.5. The Labute approximate surface area is 283 Å². The lowest BCUT2D eigenvalue weighted by atomic mass is 9.81. The van der Waals surface area contributed by atoms with Gasteiger partial charge in [0.1, 0.15) is 0 Å². The molecule has 2 bridgehead atoms. The smallest absolute Gasteiger partial charge is 0.339 e. The monoisotopic (exact) mass is 765 g/mol. The van der Waals surface area contributed by atoms with Crippen molar-refractivity contribution in [2.45, 2.75) is 16.1 Å². The van der Waals surface area contributed by atoms with Gasteiger partial charge in [-0.3, -0.25) is 29.4 Å². The van der Waals surface area contributed by atoms with Crippen LogP contribution in [-0.4, -0.2) is 49.7 Å². The zero-order valence-corrected chi connectivity index (χ0v) is 27.6. The van der Waals surface area contributed by atoms with E-state index in [2.05, 4.69) is 31.9 Å². The van der Waals surface area contributed by atoms with Gasteiger partial charge in [-0.05, 0) is 54.7 Å². The number of fused-ring (bicyclic) bond motifs is 6. The molecule has 2 saturated carbocycles. The van der Waals surface area contributed by atoms with E-state index in [9.17, 15) is 29.3 Å². The summed E-state index contributed by atoms with van der Waals surface area (Å²) in [7, 11) is 0. The number of halogens is 3. The van der Waals surface area contributed by atoms with E-state index < -0.39 is 23.3 Å². The molecule has 0 spiro atoms. The zero-order valence-electron chi connectivity index (χ0n) is 23.6. The first-order valence-electron chi connectivity index (χ1n) is 14.3. The van der Waals surface area contributed by atoms with E-state index in [0.717, 1.165) is 12.5 Å². The number of rotatable bonds is 7. The maximum Gasteiger partial charge on any atom is 0.339 e. The van der Waals surface area contributed by atoms with Crippen LogP contribution in [0.15, 0.2) is 72.8 Å². The van der Waals surface area contributed by atoms with Gasteiger partial charge in [0, 0.05) is 43.3 Å². The van der Waals surface area contributed by atoms with Crippen molar-refractivity contribution in [2.75, 3.05) is 11.5 Å². The average Bonchev–Trinajstić information content (AvgIpc) is 3.67. The van der Waals surface area contributed by atoms with Crippen molar-refractivity contribution in [1.29, 1.82) is 0 Å². The second-order valence-electron chi connectivity index (χ2n) is 11.6. The van der Waals surface area contributed by atoms with Gasteiger partial charge in [0.25, 0.3) is 5.69 Å². The van der Waals surface area contributed by atoms with Gasteiger partial charge in [-0.1, -0.05) is 67.7 Å². The van der Waals surface area contributed by atoms with Crippen LogP contribution in [0, 0.1) is 33.8 Å². The van der Waals surface area contributed by atoms with Crippen LogP contribution < -0.4 is 4.90 Å². The number of anilines is 1. The molecule has 3 aromatic carbocycles. The third kappa shape index (κ3) is 5.03. The van der Waals surface area contributed by atoms with Gasteiger partial charge >= 0.3 is 5.97 Å². The second-order valence-corrected chi connectivity index (χ2v) is 14.1. The Kier molecular flexibility index (Phi) is 7.77. The van der Waals surface area contributed by atoms with Crippen molar-refractivity contribution in [3.8, 4) is 11.3 Å². The number of nitrogens with zero attached hydrogens (tertiary/aromatic N) is 3. The SMILES string of the molecule is O=C(COC(=O)c1cc(-c2ccc(N3C(=O)C4C5CC(C(Br)C5Br)C4C3=O)cc2)nc2ccc(Cl)cc12)c1cccc([N+](=O)[O-])c1. The van der Waals surface area contributed by atoms with Gasteiger partial charge in [-0.15, -0.1) is 0 Å². The van der Waals surface area contributed by atoms with Crippen LogP contribution in [0.4, 0.5) is 11.4 Å². The predicted octanol–water partition coefficient (Wildman–Crippen LogP) is 6.79. The molecule has 10 nitrogen and oxygen atoms in total. The molecule has 13 heteroatoms. The Hall–Kier alpha value is -4.00.